The summed E-state index contributed by atoms with van der Waals surface area (Å²) in [6.07, 6.45) is 2.24. The summed E-state index contributed by atoms with van der Waals surface area (Å²) in [5.41, 5.74) is 4.89. The van der Waals surface area contributed by atoms with Crippen molar-refractivity contribution in [3.8, 4) is 0 Å². The van der Waals surface area contributed by atoms with Crippen molar-refractivity contribution in [3.05, 3.63) is 40.7 Å². The van der Waals surface area contributed by atoms with Crippen molar-refractivity contribution in [3.63, 3.8) is 0 Å². The Morgan fingerprint density at radius 1 is 1.17 bits per heavy atom. The fourth-order valence-electron chi connectivity index (χ4n) is 3.62. The molecule has 160 valence electrons. The number of rotatable bonds is 8. The normalized spacial score (nSPS) is 15.6. The highest BCUT2D eigenvalue weighted by atomic mass is 32.2. The molecule has 1 aromatic heterocycles. The molecule has 1 aliphatic rings. The van der Waals surface area contributed by atoms with Gasteiger partial charge in [0.25, 0.3) is 0 Å². The lowest BCUT2D eigenvalue weighted by molar-refractivity contribution is 0.0730. The van der Waals surface area contributed by atoms with E-state index in [1.165, 1.54) is 9.87 Å². The van der Waals surface area contributed by atoms with Crippen LogP contribution in [-0.2, 0) is 27.8 Å². The first-order valence-electron chi connectivity index (χ1n) is 10.3. The Bertz CT molecular complexity index is 947. The Balaban J connectivity index is 1.78. The molecule has 1 aliphatic heterocycles. The number of nitrogens with one attached hydrogen (secondary N) is 1. The van der Waals surface area contributed by atoms with E-state index in [4.69, 9.17) is 4.74 Å². The number of morpholine rings is 1. The van der Waals surface area contributed by atoms with Gasteiger partial charge in [-0.1, -0.05) is 19.4 Å². The number of hydrogen-bond acceptors (Lipinski definition) is 5. The molecule has 0 saturated carbocycles. The molecule has 8 heteroatoms. The van der Waals surface area contributed by atoms with E-state index in [9.17, 15) is 8.42 Å². The Morgan fingerprint density at radius 2 is 1.90 bits per heavy atom. The Kier molecular flexibility index (Phi) is 6.97. The summed E-state index contributed by atoms with van der Waals surface area (Å²) in [7, 11) is -3.52. The van der Waals surface area contributed by atoms with Crippen LogP contribution in [0.15, 0.2) is 23.1 Å². The summed E-state index contributed by atoms with van der Waals surface area (Å²) in [6.45, 7) is 11.3. The van der Waals surface area contributed by atoms with E-state index in [0.717, 1.165) is 42.0 Å². The summed E-state index contributed by atoms with van der Waals surface area (Å²) in [6, 6.07) is 5.53. The van der Waals surface area contributed by atoms with Crippen molar-refractivity contribution in [2.24, 2.45) is 0 Å². The molecule has 29 heavy (non-hydrogen) atoms. The number of unbranched alkanes of at least 4 members (excludes halogenated alkanes) is 1. The maximum Gasteiger partial charge on any atom is 0.243 e. The van der Waals surface area contributed by atoms with Crippen LogP contribution in [-0.4, -0.2) is 48.8 Å². The molecule has 1 aromatic carbocycles. The van der Waals surface area contributed by atoms with E-state index in [0.29, 0.717) is 37.7 Å². The second kappa shape index (κ2) is 9.28. The zero-order valence-corrected chi connectivity index (χ0v) is 18.7. The largest absolute Gasteiger partial charge is 0.381 e. The van der Waals surface area contributed by atoms with Gasteiger partial charge in [-0.25, -0.2) is 8.42 Å². The van der Waals surface area contributed by atoms with Crippen LogP contribution < -0.4 is 5.32 Å². The third kappa shape index (κ3) is 4.82. The lowest BCUT2D eigenvalue weighted by Gasteiger charge is -2.27. The summed E-state index contributed by atoms with van der Waals surface area (Å²) < 4.78 is 35.0. The molecule has 1 N–H and O–H groups in total. The minimum absolute atomic E-state index is 0.358. The molecule has 0 radical (unpaired) electrons. The van der Waals surface area contributed by atoms with Crippen LogP contribution in [0, 0.1) is 20.8 Å². The molecule has 2 aromatic rings. The number of hydrogen-bond donors (Lipinski definition) is 1. The van der Waals surface area contributed by atoms with Gasteiger partial charge in [-0.2, -0.15) is 9.40 Å². The first-order valence-corrected chi connectivity index (χ1v) is 11.7. The van der Waals surface area contributed by atoms with Crippen molar-refractivity contribution in [1.29, 1.82) is 0 Å². The van der Waals surface area contributed by atoms with E-state index in [-0.39, 0.29) is 0 Å². The topological polar surface area (TPSA) is 76.5 Å². The molecule has 7 nitrogen and oxygen atoms in total. The zero-order chi connectivity index (χ0) is 21.0. The number of aryl methyl sites for hydroxylation is 3. The van der Waals surface area contributed by atoms with Gasteiger partial charge in [-0.3, -0.25) is 4.68 Å². The number of aromatic nitrogens is 2. The molecule has 1 fully saturated rings. The second-order valence-electron chi connectivity index (χ2n) is 7.58. The Hall–Kier alpha value is -1.90. The molecular weight excluding hydrogens is 388 g/mol. The van der Waals surface area contributed by atoms with Crippen molar-refractivity contribution in [2.75, 3.05) is 31.6 Å². The minimum Gasteiger partial charge on any atom is -0.381 e. The Morgan fingerprint density at radius 3 is 2.59 bits per heavy atom. The van der Waals surface area contributed by atoms with E-state index < -0.39 is 10.0 Å². The van der Waals surface area contributed by atoms with Gasteiger partial charge in [0.1, 0.15) is 0 Å². The number of nitrogens with zero attached hydrogens (tertiary/aromatic N) is 3. The van der Waals surface area contributed by atoms with Gasteiger partial charge in [0.2, 0.25) is 10.0 Å². The molecule has 0 amide bonds. The lowest BCUT2D eigenvalue weighted by Crippen LogP contribution is -2.40. The van der Waals surface area contributed by atoms with Crippen molar-refractivity contribution >= 4 is 15.7 Å². The second-order valence-corrected chi connectivity index (χ2v) is 9.48. The maximum absolute atomic E-state index is 13.1. The quantitative estimate of drug-likeness (QED) is 0.709. The van der Waals surface area contributed by atoms with Gasteiger partial charge >= 0.3 is 0 Å². The smallest absolute Gasteiger partial charge is 0.243 e. The molecule has 1 saturated heterocycles. The van der Waals surface area contributed by atoms with Crippen LogP contribution in [0.2, 0.25) is 0 Å². The summed E-state index contributed by atoms with van der Waals surface area (Å²) >= 11 is 0. The number of benzene rings is 1. The van der Waals surface area contributed by atoms with Crippen molar-refractivity contribution < 1.29 is 13.2 Å². The average Bonchev–Trinajstić information content (AvgIpc) is 2.99. The van der Waals surface area contributed by atoms with Crippen LogP contribution in [0.25, 0.3) is 0 Å². The van der Waals surface area contributed by atoms with Crippen molar-refractivity contribution in [2.45, 2.75) is 58.5 Å². The maximum atomic E-state index is 13.1. The molecule has 0 aliphatic carbocycles. The van der Waals surface area contributed by atoms with Crippen LogP contribution in [0.3, 0.4) is 0 Å². The van der Waals surface area contributed by atoms with Gasteiger partial charge in [0, 0.05) is 43.1 Å². The van der Waals surface area contributed by atoms with Crippen LogP contribution in [0.1, 0.15) is 42.3 Å². The third-order valence-electron chi connectivity index (χ3n) is 5.50. The molecule has 0 atom stereocenters. The summed E-state index contributed by atoms with van der Waals surface area (Å²) in [5.74, 6) is 0. The van der Waals surface area contributed by atoms with Gasteiger partial charge in [-0.05, 0) is 44.9 Å². The average molecular weight is 421 g/mol. The summed E-state index contributed by atoms with van der Waals surface area (Å²) in [5, 5.41) is 8.05. The van der Waals surface area contributed by atoms with Gasteiger partial charge in [0.05, 0.1) is 23.8 Å². The van der Waals surface area contributed by atoms with Crippen molar-refractivity contribution in [1.82, 2.24) is 14.1 Å². The first-order chi connectivity index (χ1) is 13.8. The van der Waals surface area contributed by atoms with E-state index >= 15 is 0 Å². The highest BCUT2D eigenvalue weighted by molar-refractivity contribution is 7.89. The lowest BCUT2D eigenvalue weighted by atomic mass is 10.2. The first kappa shape index (κ1) is 21.8. The van der Waals surface area contributed by atoms with Gasteiger partial charge < -0.3 is 10.1 Å². The predicted octanol–water partition coefficient (Wildman–Crippen LogP) is 3.24. The van der Waals surface area contributed by atoms with Crippen LogP contribution in [0.4, 0.5) is 5.69 Å². The fourth-order valence-corrected chi connectivity index (χ4v) is 5.28. The monoisotopic (exact) mass is 420 g/mol. The predicted molar refractivity (Wildman–Crippen MR) is 115 cm³/mol. The molecular formula is C21H32N4O3S. The fraction of sp³-hybridized carbons (Fsp3) is 0.571. The number of ether oxygens (including phenoxy) is 1. The molecule has 0 spiro atoms. The summed E-state index contributed by atoms with van der Waals surface area (Å²) in [4.78, 5) is 0.358. The minimum atomic E-state index is -3.52. The van der Waals surface area contributed by atoms with Gasteiger partial charge in [0.15, 0.2) is 0 Å². The van der Waals surface area contributed by atoms with Crippen LogP contribution in [0.5, 0.6) is 0 Å². The van der Waals surface area contributed by atoms with E-state index in [2.05, 4.69) is 28.9 Å². The van der Waals surface area contributed by atoms with Gasteiger partial charge in [-0.15, -0.1) is 0 Å². The standard InChI is InChI=1S/C21H32N4O3S/c1-5-6-9-25-18(4)20(17(3)23-25)15-22-19-8-7-16(2)21(14-19)29(26,27)24-10-12-28-13-11-24/h7-8,14,22H,5-6,9-13,15H2,1-4H3. The molecule has 0 unspecified atom stereocenters. The number of sulfonamides is 1. The van der Waals surface area contributed by atoms with E-state index in [1.54, 1.807) is 6.07 Å². The highest BCUT2D eigenvalue weighted by Crippen LogP contribution is 2.25. The SMILES string of the molecule is CCCCn1nc(C)c(CNc2ccc(C)c(S(=O)(=O)N3CCOCC3)c2)c1C. The molecule has 2 heterocycles. The third-order valence-corrected chi connectivity index (χ3v) is 7.54. The van der Waals surface area contributed by atoms with E-state index in [1.807, 2.05) is 26.0 Å². The number of anilines is 1. The van der Waals surface area contributed by atoms with Crippen LogP contribution >= 0.6 is 0 Å². The molecule has 0 bridgehead atoms. The highest BCUT2D eigenvalue weighted by Gasteiger charge is 2.28. The Labute approximate surface area is 174 Å². The zero-order valence-electron chi connectivity index (χ0n) is 17.9. The molecule has 3 rings (SSSR count).